The van der Waals surface area contributed by atoms with Crippen LogP contribution < -0.4 is 5.32 Å². The number of hydrogen-bond acceptors (Lipinski definition) is 2. The number of alkyl halides is 3. The number of rotatable bonds is 7. The van der Waals surface area contributed by atoms with Crippen molar-refractivity contribution in [2.24, 2.45) is 0 Å². The predicted octanol–water partition coefficient (Wildman–Crippen LogP) is 2.87. The van der Waals surface area contributed by atoms with Gasteiger partial charge in [0.25, 0.3) is 0 Å². The molecular formula is C11H20F3NO. The van der Waals surface area contributed by atoms with E-state index in [1.165, 1.54) is 12.8 Å². The van der Waals surface area contributed by atoms with E-state index in [4.69, 9.17) is 4.74 Å². The van der Waals surface area contributed by atoms with Gasteiger partial charge in [0.05, 0.1) is 6.10 Å². The molecule has 5 heteroatoms. The highest BCUT2D eigenvalue weighted by molar-refractivity contribution is 4.80. The van der Waals surface area contributed by atoms with Crippen molar-refractivity contribution in [1.29, 1.82) is 0 Å². The van der Waals surface area contributed by atoms with Gasteiger partial charge in [0.1, 0.15) is 0 Å². The summed E-state index contributed by atoms with van der Waals surface area (Å²) in [6.45, 7) is 3.62. The third kappa shape index (κ3) is 5.70. The molecule has 0 spiro atoms. The second kappa shape index (κ2) is 5.87. The van der Waals surface area contributed by atoms with Crippen LogP contribution in [-0.2, 0) is 4.74 Å². The first-order chi connectivity index (χ1) is 7.39. The van der Waals surface area contributed by atoms with Crippen LogP contribution in [0.2, 0.25) is 0 Å². The molecule has 1 fully saturated rings. The summed E-state index contributed by atoms with van der Waals surface area (Å²) < 4.78 is 41.4. The Balaban J connectivity index is 2.02. The van der Waals surface area contributed by atoms with Gasteiger partial charge in [0.15, 0.2) is 6.10 Å². The first-order valence-corrected chi connectivity index (χ1v) is 5.85. The van der Waals surface area contributed by atoms with Crippen molar-refractivity contribution in [3.63, 3.8) is 0 Å². The van der Waals surface area contributed by atoms with E-state index in [2.05, 4.69) is 5.32 Å². The van der Waals surface area contributed by atoms with Crippen LogP contribution in [0.3, 0.4) is 0 Å². The Kier molecular flexibility index (Phi) is 5.05. The Hall–Kier alpha value is -0.290. The van der Waals surface area contributed by atoms with Crippen molar-refractivity contribution >= 4 is 0 Å². The fourth-order valence-corrected chi connectivity index (χ4v) is 1.48. The highest BCUT2D eigenvalue weighted by atomic mass is 19.4. The minimum Gasteiger partial charge on any atom is -0.366 e. The van der Waals surface area contributed by atoms with Gasteiger partial charge in [-0.2, -0.15) is 13.2 Å². The van der Waals surface area contributed by atoms with Gasteiger partial charge in [-0.25, -0.2) is 0 Å². The summed E-state index contributed by atoms with van der Waals surface area (Å²) >= 11 is 0. The van der Waals surface area contributed by atoms with Crippen molar-refractivity contribution in [1.82, 2.24) is 5.32 Å². The normalized spacial score (nSPS) is 20.8. The molecule has 0 aliphatic heterocycles. The molecule has 0 aromatic rings. The van der Waals surface area contributed by atoms with Crippen molar-refractivity contribution in [2.45, 2.75) is 64.0 Å². The van der Waals surface area contributed by atoms with Crippen LogP contribution in [-0.4, -0.2) is 31.0 Å². The molecule has 2 unspecified atom stereocenters. The van der Waals surface area contributed by atoms with Crippen molar-refractivity contribution in [2.75, 3.05) is 6.54 Å². The zero-order valence-corrected chi connectivity index (χ0v) is 9.81. The molecule has 0 aromatic heterocycles. The van der Waals surface area contributed by atoms with E-state index in [0.29, 0.717) is 12.5 Å². The van der Waals surface area contributed by atoms with Crippen LogP contribution in [0, 0.1) is 0 Å². The topological polar surface area (TPSA) is 21.3 Å². The summed E-state index contributed by atoms with van der Waals surface area (Å²) in [5.41, 5.74) is 0. The fourth-order valence-electron chi connectivity index (χ4n) is 1.48. The molecule has 2 atom stereocenters. The Bertz CT molecular complexity index is 204. The third-order valence-corrected chi connectivity index (χ3v) is 2.70. The second-order valence-corrected chi connectivity index (χ2v) is 4.50. The molecule has 1 rings (SSSR count). The Morgan fingerprint density at radius 2 is 1.94 bits per heavy atom. The summed E-state index contributed by atoms with van der Waals surface area (Å²) in [6, 6.07) is 0.658. The lowest BCUT2D eigenvalue weighted by Gasteiger charge is -2.21. The monoisotopic (exact) mass is 239 g/mol. The average Bonchev–Trinajstić information content (AvgIpc) is 2.94. The maximum atomic E-state index is 12.2. The lowest BCUT2D eigenvalue weighted by atomic mass is 10.2. The fraction of sp³-hybridized carbons (Fsp3) is 1.00. The quantitative estimate of drug-likeness (QED) is 0.690. The van der Waals surface area contributed by atoms with Gasteiger partial charge in [0, 0.05) is 6.04 Å². The first kappa shape index (κ1) is 13.8. The van der Waals surface area contributed by atoms with Crippen LogP contribution in [0.5, 0.6) is 0 Å². The molecule has 1 aliphatic carbocycles. The van der Waals surface area contributed by atoms with Gasteiger partial charge < -0.3 is 10.1 Å². The van der Waals surface area contributed by atoms with Crippen LogP contribution in [0.25, 0.3) is 0 Å². The molecule has 96 valence electrons. The maximum absolute atomic E-state index is 12.2. The third-order valence-electron chi connectivity index (χ3n) is 2.70. The number of ether oxygens (including phenoxy) is 1. The van der Waals surface area contributed by atoms with E-state index in [0.717, 1.165) is 19.9 Å². The van der Waals surface area contributed by atoms with Gasteiger partial charge >= 0.3 is 6.18 Å². The molecule has 0 amide bonds. The molecule has 0 heterocycles. The minimum atomic E-state index is -4.25. The molecular weight excluding hydrogens is 219 g/mol. The van der Waals surface area contributed by atoms with E-state index in [1.807, 2.05) is 0 Å². The van der Waals surface area contributed by atoms with Crippen LogP contribution in [0.15, 0.2) is 0 Å². The highest BCUT2D eigenvalue weighted by Gasteiger charge is 2.37. The minimum absolute atomic E-state index is 0.336. The summed E-state index contributed by atoms with van der Waals surface area (Å²) in [5.74, 6) is 0. The molecule has 0 saturated heterocycles. The second-order valence-electron chi connectivity index (χ2n) is 4.50. The summed E-state index contributed by atoms with van der Waals surface area (Å²) in [4.78, 5) is 0. The number of nitrogens with one attached hydrogen (secondary N) is 1. The summed E-state index contributed by atoms with van der Waals surface area (Å²) in [7, 11) is 0. The smallest absolute Gasteiger partial charge is 0.366 e. The predicted molar refractivity (Wildman–Crippen MR) is 56.3 cm³/mol. The first-order valence-electron chi connectivity index (χ1n) is 5.85. The van der Waals surface area contributed by atoms with Crippen LogP contribution in [0.1, 0.15) is 39.5 Å². The van der Waals surface area contributed by atoms with Crippen LogP contribution >= 0.6 is 0 Å². The molecule has 1 N–H and O–H groups in total. The Morgan fingerprint density at radius 3 is 2.44 bits per heavy atom. The standard InChI is InChI=1S/C11H20F3NO/c1-8(16-9(2)11(12,13)14)4-3-7-15-10-5-6-10/h8-10,15H,3-7H2,1-2H3. The zero-order chi connectivity index (χ0) is 12.2. The van der Waals surface area contributed by atoms with Crippen LogP contribution in [0.4, 0.5) is 13.2 Å². The van der Waals surface area contributed by atoms with Gasteiger partial charge in [-0.3, -0.25) is 0 Å². The van der Waals surface area contributed by atoms with Gasteiger partial charge in [0.2, 0.25) is 0 Å². The van der Waals surface area contributed by atoms with Crippen molar-refractivity contribution < 1.29 is 17.9 Å². The Morgan fingerprint density at radius 1 is 1.31 bits per heavy atom. The van der Waals surface area contributed by atoms with Gasteiger partial charge in [-0.05, 0) is 46.1 Å². The van der Waals surface area contributed by atoms with E-state index in [-0.39, 0.29) is 6.10 Å². The SMILES string of the molecule is CC(CCCNC1CC1)OC(C)C(F)(F)F. The lowest BCUT2D eigenvalue weighted by Crippen LogP contribution is -2.32. The zero-order valence-electron chi connectivity index (χ0n) is 9.81. The molecule has 0 bridgehead atoms. The van der Waals surface area contributed by atoms with E-state index in [1.54, 1.807) is 6.92 Å². The maximum Gasteiger partial charge on any atom is 0.414 e. The molecule has 0 aromatic carbocycles. The summed E-state index contributed by atoms with van der Waals surface area (Å²) in [5, 5.41) is 3.32. The van der Waals surface area contributed by atoms with E-state index >= 15 is 0 Å². The van der Waals surface area contributed by atoms with Crippen molar-refractivity contribution in [3.05, 3.63) is 0 Å². The average molecular weight is 239 g/mol. The summed E-state index contributed by atoms with van der Waals surface area (Å²) in [6.07, 6.45) is -2.26. The van der Waals surface area contributed by atoms with Gasteiger partial charge in [-0.1, -0.05) is 0 Å². The van der Waals surface area contributed by atoms with Gasteiger partial charge in [-0.15, -0.1) is 0 Å². The Labute approximate surface area is 94.5 Å². The van der Waals surface area contributed by atoms with Crippen molar-refractivity contribution in [3.8, 4) is 0 Å². The van der Waals surface area contributed by atoms with E-state index in [9.17, 15) is 13.2 Å². The number of halogens is 3. The largest absolute Gasteiger partial charge is 0.414 e. The molecule has 16 heavy (non-hydrogen) atoms. The number of hydrogen-bond donors (Lipinski definition) is 1. The van der Waals surface area contributed by atoms with E-state index < -0.39 is 12.3 Å². The molecule has 1 aliphatic rings. The lowest BCUT2D eigenvalue weighted by molar-refractivity contribution is -0.225. The molecule has 2 nitrogen and oxygen atoms in total. The highest BCUT2D eigenvalue weighted by Crippen LogP contribution is 2.24. The molecule has 1 saturated carbocycles. The molecule has 0 radical (unpaired) electrons.